The van der Waals surface area contributed by atoms with Gasteiger partial charge in [0, 0.05) is 0 Å². The molecular formula is C16H17N3OSe. The van der Waals surface area contributed by atoms with Crippen LogP contribution in [-0.4, -0.2) is 30.5 Å². The van der Waals surface area contributed by atoms with E-state index >= 15 is 0 Å². The quantitative estimate of drug-likeness (QED) is 0.717. The molecule has 0 aliphatic heterocycles. The van der Waals surface area contributed by atoms with E-state index in [1.165, 1.54) is 15.6 Å². The van der Waals surface area contributed by atoms with Gasteiger partial charge < -0.3 is 0 Å². The van der Waals surface area contributed by atoms with Crippen molar-refractivity contribution in [3.63, 3.8) is 0 Å². The molecule has 0 fully saturated rings. The van der Waals surface area contributed by atoms with Crippen LogP contribution in [0.15, 0.2) is 35.1 Å². The van der Waals surface area contributed by atoms with Crippen molar-refractivity contribution in [2.45, 2.75) is 26.8 Å². The van der Waals surface area contributed by atoms with Crippen molar-refractivity contribution < 1.29 is 0 Å². The number of aromatic nitrogens is 2. The number of aromatic amines is 1. The van der Waals surface area contributed by atoms with Crippen molar-refractivity contribution in [3.8, 4) is 10.0 Å². The summed E-state index contributed by atoms with van der Waals surface area (Å²) in [5.74, 6) is 0.547. The first-order valence-corrected chi connectivity index (χ1v) is 8.61. The average molecular weight is 346 g/mol. The van der Waals surface area contributed by atoms with Crippen LogP contribution >= 0.6 is 0 Å². The number of nitrogens with zero attached hydrogens (tertiary/aromatic N) is 1. The topological polar surface area (TPSA) is 57.8 Å². The van der Waals surface area contributed by atoms with Gasteiger partial charge >= 0.3 is 129 Å². The van der Waals surface area contributed by atoms with Crippen LogP contribution in [0.3, 0.4) is 0 Å². The normalized spacial score (nSPS) is 11.2. The molecule has 2 heterocycles. The number of hydrogen-bond acceptors (Lipinski definition) is 3. The maximum atomic E-state index is 12.2. The van der Waals surface area contributed by atoms with Gasteiger partial charge in [0.05, 0.1) is 0 Å². The number of aryl methyl sites for hydroxylation is 1. The van der Waals surface area contributed by atoms with E-state index in [2.05, 4.69) is 46.5 Å². The summed E-state index contributed by atoms with van der Waals surface area (Å²) >= 11 is 0.0154. The molecule has 5 heteroatoms. The Morgan fingerprint density at radius 3 is 2.62 bits per heavy atom. The van der Waals surface area contributed by atoms with Crippen molar-refractivity contribution in [3.05, 3.63) is 46.2 Å². The minimum absolute atomic E-state index is 0.0154. The van der Waals surface area contributed by atoms with Gasteiger partial charge in [-0.1, -0.05) is 0 Å². The molecule has 3 aromatic rings. The molecule has 0 saturated carbocycles. The Labute approximate surface area is 129 Å². The predicted octanol–water partition coefficient (Wildman–Crippen LogP) is 2.78. The first-order chi connectivity index (χ1) is 10.0. The fraction of sp³-hybridized carbons (Fsp3) is 0.250. The van der Waals surface area contributed by atoms with Gasteiger partial charge in [-0.2, -0.15) is 0 Å². The molecule has 0 aliphatic carbocycles. The number of benzene rings is 1. The standard InChI is InChI=1S/C16H17N3OSe/c1-9(2)17-16-18-12-8-13(21-14(12)15(20)19-16)11-6-4-10(3)5-7-11/h4-9H,1-3H3,(H2,17,18,19,20). The summed E-state index contributed by atoms with van der Waals surface area (Å²) in [4.78, 5) is 19.5. The van der Waals surface area contributed by atoms with Crippen molar-refractivity contribution in [2.24, 2.45) is 0 Å². The number of nitrogens with one attached hydrogen (secondary N) is 2. The molecule has 108 valence electrons. The molecule has 3 rings (SSSR count). The van der Waals surface area contributed by atoms with E-state index in [0.717, 1.165) is 9.78 Å². The van der Waals surface area contributed by atoms with Crippen LogP contribution in [0.4, 0.5) is 5.95 Å². The molecule has 0 saturated heterocycles. The van der Waals surface area contributed by atoms with Gasteiger partial charge in [0.2, 0.25) is 0 Å². The summed E-state index contributed by atoms with van der Waals surface area (Å²) in [5.41, 5.74) is 3.19. The fourth-order valence-corrected chi connectivity index (χ4v) is 4.23. The van der Waals surface area contributed by atoms with Crippen molar-refractivity contribution in [1.82, 2.24) is 9.97 Å². The van der Waals surface area contributed by atoms with E-state index < -0.39 is 0 Å². The molecule has 4 nitrogen and oxygen atoms in total. The fourth-order valence-electron chi connectivity index (χ4n) is 2.14. The first-order valence-electron chi connectivity index (χ1n) is 6.90. The van der Waals surface area contributed by atoms with E-state index in [-0.39, 0.29) is 26.1 Å². The van der Waals surface area contributed by atoms with Crippen LogP contribution in [0.25, 0.3) is 19.8 Å². The predicted molar refractivity (Wildman–Crippen MR) is 88.2 cm³/mol. The van der Waals surface area contributed by atoms with Gasteiger partial charge in [-0.25, -0.2) is 0 Å². The molecule has 0 bridgehead atoms. The minimum atomic E-state index is -0.0264. The zero-order chi connectivity index (χ0) is 15.0. The molecule has 0 aliphatic rings. The Morgan fingerprint density at radius 1 is 1.24 bits per heavy atom. The third-order valence-electron chi connectivity index (χ3n) is 3.14. The molecule has 0 spiro atoms. The molecule has 0 radical (unpaired) electrons. The van der Waals surface area contributed by atoms with Crippen LogP contribution in [0, 0.1) is 6.92 Å². The van der Waals surface area contributed by atoms with Gasteiger partial charge in [0.25, 0.3) is 0 Å². The molecule has 0 amide bonds. The Balaban J connectivity index is 2.09. The molecule has 21 heavy (non-hydrogen) atoms. The Kier molecular flexibility index (Phi) is 3.70. The van der Waals surface area contributed by atoms with Crippen molar-refractivity contribution in [2.75, 3.05) is 5.32 Å². The van der Waals surface area contributed by atoms with Gasteiger partial charge in [-0.05, 0) is 0 Å². The third kappa shape index (κ3) is 2.94. The van der Waals surface area contributed by atoms with E-state index in [4.69, 9.17) is 0 Å². The van der Waals surface area contributed by atoms with Crippen LogP contribution < -0.4 is 10.9 Å². The van der Waals surface area contributed by atoms with Gasteiger partial charge in [0.15, 0.2) is 0 Å². The zero-order valence-corrected chi connectivity index (χ0v) is 13.9. The maximum absolute atomic E-state index is 12.2. The number of fused-ring (bicyclic) bond motifs is 1. The Hall–Kier alpha value is -1.84. The number of hydrogen-bond donors (Lipinski definition) is 2. The van der Waals surface area contributed by atoms with Crippen LogP contribution in [0.2, 0.25) is 0 Å². The summed E-state index contributed by atoms with van der Waals surface area (Å²) in [6.45, 7) is 6.11. The van der Waals surface area contributed by atoms with Crippen LogP contribution in [0.5, 0.6) is 0 Å². The van der Waals surface area contributed by atoms with Gasteiger partial charge in [0.1, 0.15) is 0 Å². The first kappa shape index (κ1) is 14.1. The monoisotopic (exact) mass is 347 g/mol. The Morgan fingerprint density at radius 2 is 1.95 bits per heavy atom. The van der Waals surface area contributed by atoms with Gasteiger partial charge in [-0.15, -0.1) is 0 Å². The number of anilines is 1. The van der Waals surface area contributed by atoms with E-state index in [1.54, 1.807) is 0 Å². The van der Waals surface area contributed by atoms with Crippen molar-refractivity contribution in [1.29, 1.82) is 0 Å². The molecule has 1 aromatic carbocycles. The third-order valence-corrected chi connectivity index (χ3v) is 5.60. The number of H-pyrrole nitrogens is 1. The Bertz CT molecular complexity index is 831. The van der Waals surface area contributed by atoms with E-state index in [1.807, 2.05) is 19.9 Å². The summed E-state index contributed by atoms with van der Waals surface area (Å²) in [6.07, 6.45) is 0. The zero-order valence-electron chi connectivity index (χ0n) is 12.2. The van der Waals surface area contributed by atoms with Crippen LogP contribution in [0.1, 0.15) is 19.4 Å². The summed E-state index contributed by atoms with van der Waals surface area (Å²) in [5, 5.41) is 3.15. The van der Waals surface area contributed by atoms with Gasteiger partial charge in [-0.3, -0.25) is 0 Å². The van der Waals surface area contributed by atoms with E-state index in [0.29, 0.717) is 5.95 Å². The molecule has 2 aromatic heterocycles. The SMILES string of the molecule is Cc1ccc(-c2cc3nc(NC(C)C)[nH]c(=O)c3[se]2)cc1. The summed E-state index contributed by atoms with van der Waals surface area (Å²) < 4.78 is 2.02. The second-order valence-electron chi connectivity index (χ2n) is 5.40. The molecule has 0 unspecified atom stereocenters. The number of rotatable bonds is 3. The molecule has 2 N–H and O–H groups in total. The average Bonchev–Trinajstić information content (AvgIpc) is 2.83. The van der Waals surface area contributed by atoms with Crippen molar-refractivity contribution >= 4 is 30.2 Å². The second-order valence-corrected chi connectivity index (χ2v) is 7.61. The molecular weight excluding hydrogens is 329 g/mol. The summed E-state index contributed by atoms with van der Waals surface area (Å²) in [6, 6.07) is 10.7. The van der Waals surface area contributed by atoms with E-state index in [9.17, 15) is 4.79 Å². The summed E-state index contributed by atoms with van der Waals surface area (Å²) in [7, 11) is 0. The second kappa shape index (κ2) is 5.51. The molecule has 0 atom stereocenters. The van der Waals surface area contributed by atoms with Crippen LogP contribution in [-0.2, 0) is 0 Å².